The van der Waals surface area contributed by atoms with Crippen molar-refractivity contribution in [2.24, 2.45) is 5.92 Å². The minimum Gasteiger partial charge on any atom is -0.478 e. The normalized spacial score (nSPS) is 17.2. The van der Waals surface area contributed by atoms with E-state index in [1.807, 2.05) is 0 Å². The molecule has 1 aromatic rings. The van der Waals surface area contributed by atoms with Gasteiger partial charge in [0.2, 0.25) is 0 Å². The van der Waals surface area contributed by atoms with E-state index in [1.54, 1.807) is 0 Å². The first kappa shape index (κ1) is 12.2. The molecule has 1 fully saturated rings. The standard InChI is InChI=1S/C13H19NO3/c15-13(16)11-6-7-17-12(11)9-14-8-10-4-2-1-3-5-10/h6-7,10,14H,1-5,8-9H2,(H,15,16). The molecule has 1 aromatic heterocycles. The molecule has 4 heteroatoms. The van der Waals surface area contributed by atoms with Crippen molar-refractivity contribution in [2.45, 2.75) is 38.6 Å². The van der Waals surface area contributed by atoms with Gasteiger partial charge in [-0.2, -0.15) is 0 Å². The zero-order valence-electron chi connectivity index (χ0n) is 9.95. The van der Waals surface area contributed by atoms with Gasteiger partial charge in [0.25, 0.3) is 0 Å². The summed E-state index contributed by atoms with van der Waals surface area (Å²) in [4.78, 5) is 10.9. The lowest BCUT2D eigenvalue weighted by molar-refractivity contribution is 0.0694. The molecule has 0 spiro atoms. The van der Waals surface area contributed by atoms with Crippen LogP contribution in [-0.2, 0) is 6.54 Å². The maximum Gasteiger partial charge on any atom is 0.339 e. The van der Waals surface area contributed by atoms with Crippen molar-refractivity contribution in [1.82, 2.24) is 5.32 Å². The van der Waals surface area contributed by atoms with Gasteiger partial charge in [-0.15, -0.1) is 0 Å². The molecule has 1 heterocycles. The molecular formula is C13H19NO3. The number of hydrogen-bond donors (Lipinski definition) is 2. The van der Waals surface area contributed by atoms with Crippen LogP contribution in [0.4, 0.5) is 0 Å². The van der Waals surface area contributed by atoms with Gasteiger partial charge < -0.3 is 14.8 Å². The molecule has 0 aromatic carbocycles. The summed E-state index contributed by atoms with van der Waals surface area (Å²) in [5.74, 6) is 0.341. The van der Waals surface area contributed by atoms with Crippen LogP contribution in [0.15, 0.2) is 16.7 Å². The zero-order chi connectivity index (χ0) is 12.1. The average molecular weight is 237 g/mol. The number of rotatable bonds is 5. The van der Waals surface area contributed by atoms with Crippen LogP contribution in [0.5, 0.6) is 0 Å². The number of aromatic carboxylic acids is 1. The second-order valence-corrected chi connectivity index (χ2v) is 4.70. The van der Waals surface area contributed by atoms with Crippen LogP contribution in [0.25, 0.3) is 0 Å². The minimum absolute atomic E-state index is 0.265. The van der Waals surface area contributed by atoms with Crippen LogP contribution >= 0.6 is 0 Å². The molecule has 0 bridgehead atoms. The second-order valence-electron chi connectivity index (χ2n) is 4.70. The Bertz CT molecular complexity index is 366. The highest BCUT2D eigenvalue weighted by atomic mass is 16.4. The lowest BCUT2D eigenvalue weighted by Gasteiger charge is -2.21. The Morgan fingerprint density at radius 2 is 2.18 bits per heavy atom. The first-order valence-corrected chi connectivity index (χ1v) is 6.27. The van der Waals surface area contributed by atoms with Gasteiger partial charge in [0.05, 0.1) is 12.8 Å². The highest BCUT2D eigenvalue weighted by molar-refractivity contribution is 5.88. The Morgan fingerprint density at radius 1 is 1.41 bits per heavy atom. The average Bonchev–Trinajstić information content (AvgIpc) is 2.79. The van der Waals surface area contributed by atoms with Gasteiger partial charge in [-0.05, 0) is 31.4 Å². The van der Waals surface area contributed by atoms with E-state index < -0.39 is 5.97 Å². The van der Waals surface area contributed by atoms with E-state index in [1.165, 1.54) is 44.4 Å². The van der Waals surface area contributed by atoms with Crippen molar-refractivity contribution >= 4 is 5.97 Å². The minimum atomic E-state index is -0.923. The molecule has 0 atom stereocenters. The summed E-state index contributed by atoms with van der Waals surface area (Å²) in [6.07, 6.45) is 8.02. The monoisotopic (exact) mass is 237 g/mol. The molecule has 94 valence electrons. The van der Waals surface area contributed by atoms with Crippen molar-refractivity contribution < 1.29 is 14.3 Å². The maximum absolute atomic E-state index is 10.9. The Hall–Kier alpha value is -1.29. The molecule has 2 N–H and O–H groups in total. The third-order valence-electron chi connectivity index (χ3n) is 3.42. The largest absolute Gasteiger partial charge is 0.478 e. The first-order valence-electron chi connectivity index (χ1n) is 6.27. The number of hydrogen-bond acceptors (Lipinski definition) is 3. The lowest BCUT2D eigenvalue weighted by atomic mass is 9.89. The molecule has 0 radical (unpaired) electrons. The number of nitrogens with one attached hydrogen (secondary N) is 1. The zero-order valence-corrected chi connectivity index (χ0v) is 9.95. The topological polar surface area (TPSA) is 62.5 Å². The fourth-order valence-electron chi connectivity index (χ4n) is 2.45. The van der Waals surface area contributed by atoms with Crippen LogP contribution < -0.4 is 5.32 Å². The maximum atomic E-state index is 10.9. The third-order valence-corrected chi connectivity index (χ3v) is 3.42. The number of carbonyl (C=O) groups is 1. The quantitative estimate of drug-likeness (QED) is 0.826. The van der Waals surface area contributed by atoms with Gasteiger partial charge in [0.1, 0.15) is 11.3 Å². The fourth-order valence-corrected chi connectivity index (χ4v) is 2.45. The predicted molar refractivity (Wildman–Crippen MR) is 63.9 cm³/mol. The van der Waals surface area contributed by atoms with Crippen LogP contribution in [0, 0.1) is 5.92 Å². The summed E-state index contributed by atoms with van der Waals surface area (Å²) in [5, 5.41) is 12.2. The van der Waals surface area contributed by atoms with E-state index in [2.05, 4.69) is 5.32 Å². The molecule has 1 saturated carbocycles. The Balaban J connectivity index is 1.77. The summed E-state index contributed by atoms with van der Waals surface area (Å²) < 4.78 is 5.17. The van der Waals surface area contributed by atoms with Gasteiger partial charge in [-0.1, -0.05) is 19.3 Å². The SMILES string of the molecule is O=C(O)c1ccoc1CNCC1CCCCC1. The molecular weight excluding hydrogens is 218 g/mol. The van der Waals surface area contributed by atoms with E-state index in [-0.39, 0.29) is 5.56 Å². The molecule has 1 aliphatic carbocycles. The highest BCUT2D eigenvalue weighted by Crippen LogP contribution is 2.22. The smallest absolute Gasteiger partial charge is 0.339 e. The van der Waals surface area contributed by atoms with Crippen LogP contribution in [0.3, 0.4) is 0 Å². The summed E-state index contributed by atoms with van der Waals surface area (Å²) in [7, 11) is 0. The number of carboxylic acids is 1. The first-order chi connectivity index (χ1) is 8.27. The van der Waals surface area contributed by atoms with E-state index in [0.717, 1.165) is 12.5 Å². The van der Waals surface area contributed by atoms with Crippen molar-refractivity contribution in [1.29, 1.82) is 0 Å². The molecule has 2 rings (SSSR count). The van der Waals surface area contributed by atoms with Crippen molar-refractivity contribution in [3.05, 3.63) is 23.7 Å². The van der Waals surface area contributed by atoms with E-state index in [9.17, 15) is 4.79 Å². The van der Waals surface area contributed by atoms with Crippen LogP contribution in [0.1, 0.15) is 48.2 Å². The molecule has 0 saturated heterocycles. The van der Waals surface area contributed by atoms with Gasteiger partial charge in [0, 0.05) is 0 Å². The number of carboxylic acid groups (broad SMARTS) is 1. The summed E-state index contributed by atoms with van der Waals surface area (Å²) in [6.45, 7) is 1.46. The van der Waals surface area contributed by atoms with E-state index in [0.29, 0.717) is 12.3 Å². The Kier molecular flexibility index (Phi) is 4.20. The van der Waals surface area contributed by atoms with Crippen molar-refractivity contribution in [3.8, 4) is 0 Å². The second kappa shape index (κ2) is 5.87. The predicted octanol–water partition coefficient (Wildman–Crippen LogP) is 2.65. The van der Waals surface area contributed by atoms with Crippen molar-refractivity contribution in [2.75, 3.05) is 6.54 Å². The number of furan rings is 1. The lowest BCUT2D eigenvalue weighted by Crippen LogP contribution is -2.24. The van der Waals surface area contributed by atoms with Gasteiger partial charge in [-0.3, -0.25) is 0 Å². The van der Waals surface area contributed by atoms with Crippen LogP contribution in [-0.4, -0.2) is 17.6 Å². The van der Waals surface area contributed by atoms with Crippen LogP contribution in [0.2, 0.25) is 0 Å². The third kappa shape index (κ3) is 3.33. The van der Waals surface area contributed by atoms with Crippen molar-refractivity contribution in [3.63, 3.8) is 0 Å². The summed E-state index contributed by atoms with van der Waals surface area (Å²) in [5.41, 5.74) is 0.265. The molecule has 0 unspecified atom stereocenters. The molecule has 4 nitrogen and oxygen atoms in total. The summed E-state index contributed by atoms with van der Waals surface area (Å²) >= 11 is 0. The van der Waals surface area contributed by atoms with Gasteiger partial charge >= 0.3 is 5.97 Å². The van der Waals surface area contributed by atoms with Gasteiger partial charge in [0.15, 0.2) is 0 Å². The fraction of sp³-hybridized carbons (Fsp3) is 0.615. The molecule has 0 aliphatic heterocycles. The Morgan fingerprint density at radius 3 is 2.88 bits per heavy atom. The summed E-state index contributed by atoms with van der Waals surface area (Å²) in [6, 6.07) is 1.50. The van der Waals surface area contributed by atoms with E-state index in [4.69, 9.17) is 9.52 Å². The molecule has 17 heavy (non-hydrogen) atoms. The Labute approximate surface area is 101 Å². The van der Waals surface area contributed by atoms with E-state index >= 15 is 0 Å². The molecule has 1 aliphatic rings. The van der Waals surface area contributed by atoms with Gasteiger partial charge in [-0.25, -0.2) is 4.79 Å². The highest BCUT2D eigenvalue weighted by Gasteiger charge is 2.15. The molecule has 0 amide bonds.